The van der Waals surface area contributed by atoms with Crippen molar-refractivity contribution in [3.63, 3.8) is 0 Å². The van der Waals surface area contributed by atoms with Gasteiger partial charge < -0.3 is 15.2 Å². The topological polar surface area (TPSA) is 55.3 Å². The van der Waals surface area contributed by atoms with Gasteiger partial charge in [0.15, 0.2) is 0 Å². The van der Waals surface area contributed by atoms with E-state index in [9.17, 15) is 0 Å². The van der Waals surface area contributed by atoms with Crippen molar-refractivity contribution < 1.29 is 4.52 Å². The Labute approximate surface area is 140 Å². The van der Waals surface area contributed by atoms with Crippen LogP contribution in [0.25, 0.3) is 22.4 Å². The van der Waals surface area contributed by atoms with Crippen molar-refractivity contribution in [2.24, 2.45) is 5.73 Å². The number of nitrogens with two attached hydrogens (primary N) is 1. The van der Waals surface area contributed by atoms with Gasteiger partial charge in [-0.05, 0) is 17.7 Å². The van der Waals surface area contributed by atoms with Crippen LogP contribution in [-0.4, -0.2) is 25.3 Å². The Morgan fingerprint density at radius 3 is 2.39 bits per heavy atom. The lowest BCUT2D eigenvalue weighted by atomic mass is 10.0. The Morgan fingerprint density at radius 1 is 1.04 bits per heavy atom. The van der Waals surface area contributed by atoms with Crippen LogP contribution in [0.2, 0.25) is 5.02 Å². The second-order valence-electron chi connectivity index (χ2n) is 5.29. The Morgan fingerprint density at radius 2 is 1.74 bits per heavy atom. The molecule has 23 heavy (non-hydrogen) atoms. The molecule has 0 bridgehead atoms. The Balaban J connectivity index is 2.15. The van der Waals surface area contributed by atoms with E-state index < -0.39 is 0 Å². The van der Waals surface area contributed by atoms with Crippen molar-refractivity contribution in [3.05, 3.63) is 59.6 Å². The van der Waals surface area contributed by atoms with Crippen LogP contribution < -0.4 is 10.6 Å². The largest absolute Gasteiger partial charge is 0.342 e. The molecule has 0 radical (unpaired) electrons. The quantitative estimate of drug-likeness (QED) is 0.768. The van der Waals surface area contributed by atoms with Crippen LogP contribution in [0, 0.1) is 0 Å². The summed E-state index contributed by atoms with van der Waals surface area (Å²) in [4.78, 5) is 1.98. The summed E-state index contributed by atoms with van der Waals surface area (Å²) < 4.78 is 5.64. The molecule has 0 saturated carbocycles. The Hall–Kier alpha value is -2.30. The van der Waals surface area contributed by atoms with Crippen LogP contribution in [0.3, 0.4) is 0 Å². The summed E-state index contributed by atoms with van der Waals surface area (Å²) >= 11 is 5.99. The van der Waals surface area contributed by atoms with E-state index in [-0.39, 0.29) is 0 Å². The van der Waals surface area contributed by atoms with Gasteiger partial charge in [-0.3, -0.25) is 0 Å². The van der Waals surface area contributed by atoms with Gasteiger partial charge in [-0.2, -0.15) is 0 Å². The molecule has 0 unspecified atom stereocenters. The lowest BCUT2D eigenvalue weighted by molar-refractivity contribution is 0.423. The fraction of sp³-hybridized carbons (Fsp3) is 0.167. The summed E-state index contributed by atoms with van der Waals surface area (Å²) in [5.41, 5.74) is 9.45. The van der Waals surface area contributed by atoms with Crippen molar-refractivity contribution in [1.82, 2.24) is 5.16 Å². The van der Waals surface area contributed by atoms with Crippen LogP contribution in [0.1, 0.15) is 0 Å². The van der Waals surface area contributed by atoms with Crippen LogP contribution in [0.5, 0.6) is 0 Å². The van der Waals surface area contributed by atoms with Crippen molar-refractivity contribution in [1.29, 1.82) is 0 Å². The zero-order valence-electron chi connectivity index (χ0n) is 12.9. The highest BCUT2D eigenvalue weighted by molar-refractivity contribution is 6.30. The summed E-state index contributed by atoms with van der Waals surface area (Å²) in [6.45, 7) is 1.23. The highest BCUT2D eigenvalue weighted by Crippen LogP contribution is 2.39. The van der Waals surface area contributed by atoms with E-state index in [1.165, 1.54) is 0 Å². The number of aromatic nitrogens is 1. The normalized spacial score (nSPS) is 10.7. The lowest BCUT2D eigenvalue weighted by Crippen LogP contribution is -2.24. The molecule has 0 aliphatic carbocycles. The maximum atomic E-state index is 5.99. The van der Waals surface area contributed by atoms with Gasteiger partial charge in [-0.1, -0.05) is 59.2 Å². The number of hydrogen-bond acceptors (Lipinski definition) is 4. The molecule has 2 aromatic carbocycles. The first kappa shape index (κ1) is 15.6. The molecule has 1 aromatic heterocycles. The van der Waals surface area contributed by atoms with Gasteiger partial charge in [-0.25, -0.2) is 0 Å². The van der Waals surface area contributed by atoms with Crippen molar-refractivity contribution >= 4 is 17.5 Å². The van der Waals surface area contributed by atoms with Gasteiger partial charge in [0.05, 0.1) is 5.56 Å². The predicted octanol–water partition coefficient (Wildman–Crippen LogP) is 4.06. The molecule has 0 atom stereocenters. The van der Waals surface area contributed by atoms with E-state index in [0.29, 0.717) is 24.0 Å². The monoisotopic (exact) mass is 327 g/mol. The molecule has 0 amide bonds. The molecule has 3 aromatic rings. The Bertz CT molecular complexity index is 769. The third-order valence-corrected chi connectivity index (χ3v) is 3.92. The van der Waals surface area contributed by atoms with Gasteiger partial charge in [0.25, 0.3) is 0 Å². The maximum Gasteiger partial charge on any atom is 0.235 e. The molecule has 2 N–H and O–H groups in total. The smallest absolute Gasteiger partial charge is 0.235 e. The molecule has 4 nitrogen and oxygen atoms in total. The molecular formula is C18H18ClN3O. The molecule has 0 fully saturated rings. The van der Waals surface area contributed by atoms with Gasteiger partial charge in [0.2, 0.25) is 5.88 Å². The third-order valence-electron chi connectivity index (χ3n) is 3.67. The molecule has 5 heteroatoms. The SMILES string of the molecule is CN(CCN)c1onc(-c2ccc(Cl)cc2)c1-c1ccccc1. The highest BCUT2D eigenvalue weighted by Gasteiger charge is 2.21. The predicted molar refractivity (Wildman–Crippen MR) is 94.7 cm³/mol. The average molecular weight is 328 g/mol. The van der Waals surface area contributed by atoms with Crippen LogP contribution in [0.15, 0.2) is 59.1 Å². The zero-order valence-corrected chi connectivity index (χ0v) is 13.6. The number of benzene rings is 2. The fourth-order valence-corrected chi connectivity index (χ4v) is 2.63. The number of anilines is 1. The number of rotatable bonds is 5. The van der Waals surface area contributed by atoms with Crippen molar-refractivity contribution in [2.75, 3.05) is 25.0 Å². The van der Waals surface area contributed by atoms with E-state index >= 15 is 0 Å². The van der Waals surface area contributed by atoms with Gasteiger partial charge >= 0.3 is 0 Å². The first-order valence-corrected chi connectivity index (χ1v) is 7.80. The molecule has 1 heterocycles. The minimum absolute atomic E-state index is 0.543. The van der Waals surface area contributed by atoms with Gasteiger partial charge in [-0.15, -0.1) is 0 Å². The minimum Gasteiger partial charge on any atom is -0.342 e. The first-order chi connectivity index (χ1) is 11.2. The highest BCUT2D eigenvalue weighted by atomic mass is 35.5. The second kappa shape index (κ2) is 6.86. The number of halogens is 1. The van der Waals surface area contributed by atoms with Crippen molar-refractivity contribution in [2.45, 2.75) is 0 Å². The molecule has 0 aliphatic heterocycles. The standard InChI is InChI=1S/C18H18ClN3O/c1-22(12-11-20)18-16(13-5-3-2-4-6-13)17(21-23-18)14-7-9-15(19)10-8-14/h2-10H,11-12,20H2,1H3. The molecule has 0 saturated heterocycles. The molecule has 3 rings (SSSR count). The van der Waals surface area contributed by atoms with Gasteiger partial charge in [0.1, 0.15) is 5.69 Å². The van der Waals surface area contributed by atoms with E-state index in [1.54, 1.807) is 0 Å². The number of nitrogens with zero attached hydrogens (tertiary/aromatic N) is 2. The summed E-state index contributed by atoms with van der Waals surface area (Å²) in [6.07, 6.45) is 0. The lowest BCUT2D eigenvalue weighted by Gasteiger charge is -2.16. The van der Waals surface area contributed by atoms with E-state index in [4.69, 9.17) is 21.9 Å². The Kier molecular flexibility index (Phi) is 4.65. The number of hydrogen-bond donors (Lipinski definition) is 1. The summed E-state index contributed by atoms with van der Waals surface area (Å²) in [7, 11) is 1.95. The summed E-state index contributed by atoms with van der Waals surface area (Å²) in [5, 5.41) is 4.99. The van der Waals surface area contributed by atoms with Crippen LogP contribution in [-0.2, 0) is 0 Å². The average Bonchev–Trinajstić information content (AvgIpc) is 3.01. The zero-order chi connectivity index (χ0) is 16.2. The van der Waals surface area contributed by atoms with Gasteiger partial charge in [0, 0.05) is 30.7 Å². The fourth-order valence-electron chi connectivity index (χ4n) is 2.51. The first-order valence-electron chi connectivity index (χ1n) is 7.43. The molecular weight excluding hydrogens is 310 g/mol. The molecule has 0 aliphatic rings. The van der Waals surface area contributed by atoms with E-state index in [2.05, 4.69) is 5.16 Å². The second-order valence-corrected chi connectivity index (χ2v) is 5.73. The maximum absolute atomic E-state index is 5.99. The van der Waals surface area contributed by atoms with Crippen LogP contribution >= 0.6 is 11.6 Å². The summed E-state index contributed by atoms with van der Waals surface area (Å²) in [5.74, 6) is 0.714. The third kappa shape index (κ3) is 3.23. The van der Waals surface area contributed by atoms with Crippen molar-refractivity contribution in [3.8, 4) is 22.4 Å². The molecule has 0 spiro atoms. The van der Waals surface area contributed by atoms with E-state index in [0.717, 1.165) is 22.4 Å². The summed E-state index contributed by atoms with van der Waals surface area (Å²) in [6, 6.07) is 17.7. The van der Waals surface area contributed by atoms with E-state index in [1.807, 2.05) is 66.5 Å². The number of likely N-dealkylation sites (N-methyl/N-ethyl adjacent to an activating group) is 1. The minimum atomic E-state index is 0.543. The van der Waals surface area contributed by atoms with Crippen LogP contribution in [0.4, 0.5) is 5.88 Å². The molecule has 118 valence electrons.